The van der Waals surface area contributed by atoms with Crippen LogP contribution in [0.4, 0.5) is 0 Å². The van der Waals surface area contributed by atoms with E-state index in [0.29, 0.717) is 0 Å². The van der Waals surface area contributed by atoms with Crippen molar-refractivity contribution in [2.24, 2.45) is 0 Å². The minimum atomic E-state index is 0.0747. The second kappa shape index (κ2) is 6.02. The zero-order valence-electron chi connectivity index (χ0n) is 12.1. The summed E-state index contributed by atoms with van der Waals surface area (Å²) in [4.78, 5) is 0. The molecule has 20 heavy (non-hydrogen) atoms. The van der Waals surface area contributed by atoms with Gasteiger partial charge in [0.25, 0.3) is 0 Å². The molecule has 0 atom stereocenters. The highest BCUT2D eigenvalue weighted by Gasteiger charge is 2.36. The number of methoxy groups -OCH3 is 1. The highest BCUT2D eigenvalue weighted by Crippen LogP contribution is 2.34. The summed E-state index contributed by atoms with van der Waals surface area (Å²) in [5, 5.41) is 3.50. The molecule has 4 nitrogen and oxygen atoms in total. The monoisotopic (exact) mass is 277 g/mol. The van der Waals surface area contributed by atoms with Gasteiger partial charge < -0.3 is 19.5 Å². The first-order valence-corrected chi connectivity index (χ1v) is 7.46. The first kappa shape index (κ1) is 13.7. The van der Waals surface area contributed by atoms with Gasteiger partial charge in [-0.15, -0.1) is 0 Å². The van der Waals surface area contributed by atoms with Gasteiger partial charge in [0.2, 0.25) is 0 Å². The molecule has 1 aliphatic carbocycles. The Bertz CT molecular complexity index is 452. The highest BCUT2D eigenvalue weighted by atomic mass is 16.5. The summed E-state index contributed by atoms with van der Waals surface area (Å²) < 4.78 is 17.0. The van der Waals surface area contributed by atoms with Gasteiger partial charge in [-0.3, -0.25) is 0 Å². The summed E-state index contributed by atoms with van der Waals surface area (Å²) in [5.41, 5.74) is 1.30. The first-order chi connectivity index (χ1) is 9.81. The molecule has 1 N–H and O–H groups in total. The normalized spacial score (nSPS) is 20.1. The van der Waals surface area contributed by atoms with E-state index < -0.39 is 0 Å². The van der Waals surface area contributed by atoms with E-state index in [1.54, 1.807) is 0 Å². The maximum absolute atomic E-state index is 5.71. The van der Waals surface area contributed by atoms with Crippen molar-refractivity contribution >= 4 is 0 Å². The first-order valence-electron chi connectivity index (χ1n) is 7.46. The molecule has 110 valence electrons. The number of fused-ring (bicyclic) bond motifs is 1. The third-order valence-corrected chi connectivity index (χ3v) is 4.29. The van der Waals surface area contributed by atoms with Crippen LogP contribution in [0, 0.1) is 0 Å². The number of nitrogens with one attached hydrogen (secondary N) is 1. The maximum Gasteiger partial charge on any atom is 0.161 e. The molecule has 0 spiro atoms. The lowest BCUT2D eigenvalue weighted by Crippen LogP contribution is -2.47. The fourth-order valence-corrected chi connectivity index (χ4v) is 2.78. The molecule has 2 aliphatic rings. The van der Waals surface area contributed by atoms with Crippen molar-refractivity contribution in [2.75, 3.05) is 26.9 Å². The molecular formula is C16H23NO3. The summed E-state index contributed by atoms with van der Waals surface area (Å²) >= 11 is 0. The van der Waals surface area contributed by atoms with Crippen molar-refractivity contribution in [3.63, 3.8) is 0 Å². The smallest absolute Gasteiger partial charge is 0.161 e. The molecular weight excluding hydrogens is 254 g/mol. The van der Waals surface area contributed by atoms with Gasteiger partial charge in [-0.2, -0.15) is 0 Å². The van der Waals surface area contributed by atoms with E-state index in [-0.39, 0.29) is 5.60 Å². The molecule has 4 heteroatoms. The lowest BCUT2D eigenvalue weighted by molar-refractivity contribution is -0.0695. The van der Waals surface area contributed by atoms with E-state index in [1.165, 1.54) is 12.0 Å². The van der Waals surface area contributed by atoms with E-state index in [2.05, 4.69) is 17.4 Å². The maximum atomic E-state index is 5.71. The van der Waals surface area contributed by atoms with Crippen LogP contribution < -0.4 is 14.8 Å². The Kier molecular flexibility index (Phi) is 4.13. The van der Waals surface area contributed by atoms with E-state index >= 15 is 0 Å². The Labute approximate surface area is 120 Å². The molecule has 0 aromatic heterocycles. The number of rotatable bonds is 5. The predicted octanol–water partition coefficient (Wildman–Crippen LogP) is 2.51. The minimum Gasteiger partial charge on any atom is -0.490 e. The van der Waals surface area contributed by atoms with Crippen LogP contribution in [-0.2, 0) is 11.3 Å². The highest BCUT2D eigenvalue weighted by molar-refractivity contribution is 5.43. The fourth-order valence-electron chi connectivity index (χ4n) is 2.78. The van der Waals surface area contributed by atoms with Crippen molar-refractivity contribution in [3.05, 3.63) is 23.8 Å². The van der Waals surface area contributed by atoms with Gasteiger partial charge in [0.05, 0.1) is 18.8 Å². The predicted molar refractivity (Wildman–Crippen MR) is 77.3 cm³/mol. The van der Waals surface area contributed by atoms with Gasteiger partial charge in [-0.05, 0) is 37.0 Å². The molecule has 0 unspecified atom stereocenters. The van der Waals surface area contributed by atoms with Crippen molar-refractivity contribution in [3.8, 4) is 11.5 Å². The average Bonchev–Trinajstić information content (AvgIpc) is 2.66. The molecule has 0 bridgehead atoms. The molecule has 3 rings (SSSR count). The van der Waals surface area contributed by atoms with Crippen LogP contribution in [0.5, 0.6) is 11.5 Å². The molecule has 0 amide bonds. The third-order valence-electron chi connectivity index (χ3n) is 4.29. The second-order valence-corrected chi connectivity index (χ2v) is 5.68. The Morgan fingerprint density at radius 1 is 1.15 bits per heavy atom. The van der Waals surface area contributed by atoms with Crippen molar-refractivity contribution in [1.82, 2.24) is 5.32 Å². The molecule has 1 aromatic carbocycles. The number of ether oxygens (including phenoxy) is 3. The number of hydrogen-bond acceptors (Lipinski definition) is 4. The summed E-state index contributed by atoms with van der Waals surface area (Å²) in [7, 11) is 1.81. The third kappa shape index (κ3) is 2.91. The van der Waals surface area contributed by atoms with Crippen LogP contribution in [0.1, 0.15) is 31.2 Å². The fraction of sp³-hybridized carbons (Fsp3) is 0.625. The lowest BCUT2D eigenvalue weighted by atomic mass is 9.80. The van der Waals surface area contributed by atoms with E-state index in [9.17, 15) is 0 Å². The molecule has 1 heterocycles. The van der Waals surface area contributed by atoms with E-state index in [0.717, 1.165) is 57.1 Å². The van der Waals surface area contributed by atoms with Crippen LogP contribution >= 0.6 is 0 Å². The quantitative estimate of drug-likeness (QED) is 0.897. The number of hydrogen-bond donors (Lipinski definition) is 1. The van der Waals surface area contributed by atoms with Gasteiger partial charge in [-0.1, -0.05) is 6.07 Å². The van der Waals surface area contributed by atoms with Crippen LogP contribution in [0.25, 0.3) is 0 Å². The molecule has 1 aromatic rings. The summed E-state index contributed by atoms with van der Waals surface area (Å²) in [5.74, 6) is 1.73. The summed E-state index contributed by atoms with van der Waals surface area (Å²) in [6, 6.07) is 6.18. The second-order valence-electron chi connectivity index (χ2n) is 5.68. The standard InChI is InChI=1S/C16H23NO3/c1-18-16(6-2-7-16)12-17-11-13-4-5-14-15(10-13)20-9-3-8-19-14/h4-5,10,17H,2-3,6-9,11-12H2,1H3. The van der Waals surface area contributed by atoms with Crippen molar-refractivity contribution < 1.29 is 14.2 Å². The Morgan fingerprint density at radius 3 is 2.65 bits per heavy atom. The van der Waals surface area contributed by atoms with E-state index in [4.69, 9.17) is 14.2 Å². The Hall–Kier alpha value is -1.26. The zero-order chi connectivity index (χ0) is 13.8. The lowest BCUT2D eigenvalue weighted by Gasteiger charge is -2.40. The molecule has 0 saturated heterocycles. The average molecular weight is 277 g/mol. The molecule has 1 fully saturated rings. The van der Waals surface area contributed by atoms with E-state index in [1.807, 2.05) is 13.2 Å². The minimum absolute atomic E-state index is 0.0747. The Morgan fingerprint density at radius 2 is 1.95 bits per heavy atom. The van der Waals surface area contributed by atoms with Crippen LogP contribution in [-0.4, -0.2) is 32.5 Å². The Balaban J connectivity index is 1.56. The SMILES string of the molecule is COC1(CNCc2ccc3c(c2)OCCCO3)CCC1. The number of benzene rings is 1. The van der Waals surface area contributed by atoms with Crippen molar-refractivity contribution in [2.45, 2.75) is 37.8 Å². The molecule has 1 saturated carbocycles. The largest absolute Gasteiger partial charge is 0.490 e. The van der Waals surface area contributed by atoms with Crippen LogP contribution in [0.15, 0.2) is 18.2 Å². The van der Waals surface area contributed by atoms with Gasteiger partial charge in [0, 0.05) is 26.6 Å². The molecule has 1 aliphatic heterocycles. The van der Waals surface area contributed by atoms with Gasteiger partial charge in [0.15, 0.2) is 11.5 Å². The van der Waals surface area contributed by atoms with Crippen LogP contribution in [0.3, 0.4) is 0 Å². The zero-order valence-corrected chi connectivity index (χ0v) is 12.1. The van der Waals surface area contributed by atoms with Crippen molar-refractivity contribution in [1.29, 1.82) is 0 Å². The van der Waals surface area contributed by atoms with Gasteiger partial charge >= 0.3 is 0 Å². The topological polar surface area (TPSA) is 39.7 Å². The van der Waals surface area contributed by atoms with Crippen LogP contribution in [0.2, 0.25) is 0 Å². The molecule has 0 radical (unpaired) electrons. The summed E-state index contributed by atoms with van der Waals surface area (Å²) in [6.45, 7) is 3.22. The summed E-state index contributed by atoms with van der Waals surface area (Å²) in [6.07, 6.45) is 4.55. The van der Waals surface area contributed by atoms with Gasteiger partial charge in [0.1, 0.15) is 0 Å². The van der Waals surface area contributed by atoms with Gasteiger partial charge in [-0.25, -0.2) is 0 Å².